The maximum Gasteiger partial charge on any atom is 0.224 e. The number of ether oxygens (including phenoxy) is 1. The van der Waals surface area contributed by atoms with Gasteiger partial charge < -0.3 is 10.1 Å². The van der Waals surface area contributed by atoms with Crippen molar-refractivity contribution in [2.45, 2.75) is 39.5 Å². The standard InChI is InChI=1S/C25H27NO2/c1-18(2)23-15-9-19(3)17-24(23)28-22-13-11-21(12-14-22)26-25(27)16-10-20-7-5-4-6-8-20/h4-9,11-15,17-18H,10,16H2,1-3H3,(H,26,27). The van der Waals surface area contributed by atoms with Gasteiger partial charge in [0.25, 0.3) is 0 Å². The van der Waals surface area contributed by atoms with Crippen LogP contribution >= 0.6 is 0 Å². The molecular formula is C25H27NO2. The molecule has 0 atom stereocenters. The van der Waals surface area contributed by atoms with E-state index >= 15 is 0 Å². The summed E-state index contributed by atoms with van der Waals surface area (Å²) in [6.45, 7) is 6.38. The third-order valence-electron chi connectivity index (χ3n) is 4.64. The van der Waals surface area contributed by atoms with Gasteiger partial charge in [-0.2, -0.15) is 0 Å². The summed E-state index contributed by atoms with van der Waals surface area (Å²) in [5.41, 5.74) is 4.30. The van der Waals surface area contributed by atoms with Crippen LogP contribution < -0.4 is 10.1 Å². The van der Waals surface area contributed by atoms with E-state index in [0.29, 0.717) is 12.3 Å². The van der Waals surface area contributed by atoms with Gasteiger partial charge in [0.1, 0.15) is 11.5 Å². The largest absolute Gasteiger partial charge is 0.457 e. The van der Waals surface area contributed by atoms with Crippen LogP contribution in [-0.2, 0) is 11.2 Å². The molecule has 3 aromatic rings. The van der Waals surface area contributed by atoms with Crippen molar-refractivity contribution < 1.29 is 9.53 Å². The molecule has 3 rings (SSSR count). The van der Waals surface area contributed by atoms with Crippen molar-refractivity contribution in [3.05, 3.63) is 89.5 Å². The first-order valence-corrected chi connectivity index (χ1v) is 9.73. The Morgan fingerprint density at radius 2 is 1.68 bits per heavy atom. The zero-order valence-electron chi connectivity index (χ0n) is 16.7. The summed E-state index contributed by atoms with van der Waals surface area (Å²) in [5, 5.41) is 2.95. The number of anilines is 1. The number of aryl methyl sites for hydroxylation is 2. The monoisotopic (exact) mass is 373 g/mol. The Morgan fingerprint density at radius 1 is 0.964 bits per heavy atom. The fraction of sp³-hybridized carbons (Fsp3) is 0.240. The molecule has 3 heteroatoms. The first-order chi connectivity index (χ1) is 13.5. The number of nitrogens with one attached hydrogen (secondary N) is 1. The Morgan fingerprint density at radius 3 is 2.36 bits per heavy atom. The van der Waals surface area contributed by atoms with E-state index < -0.39 is 0 Å². The lowest BCUT2D eigenvalue weighted by molar-refractivity contribution is -0.116. The van der Waals surface area contributed by atoms with Crippen molar-refractivity contribution in [2.24, 2.45) is 0 Å². The third kappa shape index (κ3) is 5.46. The Balaban J connectivity index is 1.59. The molecule has 28 heavy (non-hydrogen) atoms. The number of hydrogen-bond acceptors (Lipinski definition) is 2. The lowest BCUT2D eigenvalue weighted by atomic mass is 10.0. The zero-order valence-corrected chi connectivity index (χ0v) is 16.7. The maximum atomic E-state index is 12.2. The molecule has 0 fully saturated rings. The van der Waals surface area contributed by atoms with Gasteiger partial charge in [-0.1, -0.05) is 56.3 Å². The highest BCUT2D eigenvalue weighted by atomic mass is 16.5. The van der Waals surface area contributed by atoms with Crippen molar-refractivity contribution >= 4 is 11.6 Å². The van der Waals surface area contributed by atoms with Gasteiger partial charge in [0.15, 0.2) is 0 Å². The van der Waals surface area contributed by atoms with Crippen molar-refractivity contribution in [1.29, 1.82) is 0 Å². The lowest BCUT2D eigenvalue weighted by Gasteiger charge is -2.15. The fourth-order valence-corrected chi connectivity index (χ4v) is 3.07. The summed E-state index contributed by atoms with van der Waals surface area (Å²) < 4.78 is 6.10. The van der Waals surface area contributed by atoms with Crippen LogP contribution in [0.15, 0.2) is 72.8 Å². The minimum atomic E-state index is 0.0123. The molecule has 0 saturated carbocycles. The predicted molar refractivity (Wildman–Crippen MR) is 115 cm³/mol. The second-order valence-corrected chi connectivity index (χ2v) is 7.36. The molecule has 0 aliphatic carbocycles. The van der Waals surface area contributed by atoms with E-state index in [2.05, 4.69) is 44.3 Å². The molecule has 3 nitrogen and oxygen atoms in total. The third-order valence-corrected chi connectivity index (χ3v) is 4.64. The summed E-state index contributed by atoms with van der Waals surface area (Å²) in [5.74, 6) is 2.04. The lowest BCUT2D eigenvalue weighted by Crippen LogP contribution is -2.12. The van der Waals surface area contributed by atoms with Gasteiger partial charge in [0.05, 0.1) is 0 Å². The highest BCUT2D eigenvalue weighted by Gasteiger charge is 2.09. The second kappa shape index (κ2) is 9.23. The average Bonchev–Trinajstić information content (AvgIpc) is 2.68. The van der Waals surface area contributed by atoms with Gasteiger partial charge in [0, 0.05) is 12.1 Å². The molecule has 0 heterocycles. The second-order valence-electron chi connectivity index (χ2n) is 7.36. The van der Waals surface area contributed by atoms with Gasteiger partial charge in [-0.25, -0.2) is 0 Å². The van der Waals surface area contributed by atoms with Crippen molar-refractivity contribution in [3.8, 4) is 11.5 Å². The van der Waals surface area contributed by atoms with E-state index in [1.54, 1.807) is 0 Å². The molecule has 0 aliphatic rings. The van der Waals surface area contributed by atoms with Crippen LogP contribution in [0.5, 0.6) is 11.5 Å². The van der Waals surface area contributed by atoms with Gasteiger partial charge >= 0.3 is 0 Å². The molecule has 1 N–H and O–H groups in total. The quantitative estimate of drug-likeness (QED) is 0.514. The summed E-state index contributed by atoms with van der Waals surface area (Å²) in [4.78, 5) is 12.2. The number of rotatable bonds is 7. The van der Waals surface area contributed by atoms with Crippen LogP contribution in [0.25, 0.3) is 0 Å². The first-order valence-electron chi connectivity index (χ1n) is 9.73. The molecule has 0 spiro atoms. The van der Waals surface area contributed by atoms with Crippen LogP contribution in [0.1, 0.15) is 42.9 Å². The molecule has 0 radical (unpaired) electrons. The van der Waals surface area contributed by atoms with E-state index in [1.807, 2.05) is 54.6 Å². The Kier molecular flexibility index (Phi) is 6.49. The summed E-state index contributed by atoms with van der Waals surface area (Å²) in [6, 6.07) is 23.9. The molecule has 0 saturated heterocycles. The topological polar surface area (TPSA) is 38.3 Å². The Bertz CT molecular complexity index is 915. The average molecular weight is 373 g/mol. The van der Waals surface area contributed by atoms with Crippen LogP contribution in [0.3, 0.4) is 0 Å². The molecule has 0 unspecified atom stereocenters. The number of carbonyl (C=O) groups is 1. The summed E-state index contributed by atoms with van der Waals surface area (Å²) >= 11 is 0. The van der Waals surface area contributed by atoms with Gasteiger partial charge in [-0.15, -0.1) is 0 Å². The Hall–Kier alpha value is -3.07. The zero-order chi connectivity index (χ0) is 19.9. The van der Waals surface area contributed by atoms with E-state index in [9.17, 15) is 4.79 Å². The molecule has 3 aromatic carbocycles. The molecule has 0 aliphatic heterocycles. The molecular weight excluding hydrogens is 346 g/mol. The number of carbonyl (C=O) groups excluding carboxylic acids is 1. The van der Waals surface area contributed by atoms with Gasteiger partial charge in [0.2, 0.25) is 5.91 Å². The normalized spacial score (nSPS) is 10.7. The maximum absolute atomic E-state index is 12.2. The van der Waals surface area contributed by atoms with Crippen molar-refractivity contribution in [3.63, 3.8) is 0 Å². The molecule has 0 bridgehead atoms. The fourth-order valence-electron chi connectivity index (χ4n) is 3.07. The first kappa shape index (κ1) is 19.7. The number of hydrogen-bond donors (Lipinski definition) is 1. The van der Waals surface area contributed by atoms with E-state index in [4.69, 9.17) is 4.74 Å². The van der Waals surface area contributed by atoms with Crippen LogP contribution in [0, 0.1) is 6.92 Å². The van der Waals surface area contributed by atoms with Crippen molar-refractivity contribution in [2.75, 3.05) is 5.32 Å². The number of benzene rings is 3. The minimum Gasteiger partial charge on any atom is -0.457 e. The number of amides is 1. The minimum absolute atomic E-state index is 0.0123. The van der Waals surface area contributed by atoms with Crippen LogP contribution in [-0.4, -0.2) is 5.91 Å². The smallest absolute Gasteiger partial charge is 0.224 e. The Labute approximate surface area is 167 Å². The SMILES string of the molecule is Cc1ccc(C(C)C)c(Oc2ccc(NC(=O)CCc3ccccc3)cc2)c1. The molecule has 144 valence electrons. The summed E-state index contributed by atoms with van der Waals surface area (Å²) in [7, 11) is 0. The van der Waals surface area contributed by atoms with E-state index in [0.717, 1.165) is 23.6 Å². The predicted octanol–water partition coefficient (Wildman–Crippen LogP) is 6.48. The molecule has 1 amide bonds. The van der Waals surface area contributed by atoms with E-state index in [1.165, 1.54) is 16.7 Å². The highest BCUT2D eigenvalue weighted by Crippen LogP contribution is 2.32. The van der Waals surface area contributed by atoms with Crippen molar-refractivity contribution in [1.82, 2.24) is 0 Å². The van der Waals surface area contributed by atoms with Gasteiger partial charge in [-0.3, -0.25) is 4.79 Å². The van der Waals surface area contributed by atoms with Gasteiger partial charge in [-0.05, 0) is 66.3 Å². The summed E-state index contributed by atoms with van der Waals surface area (Å²) in [6.07, 6.45) is 1.20. The van der Waals surface area contributed by atoms with E-state index in [-0.39, 0.29) is 5.91 Å². The van der Waals surface area contributed by atoms with Crippen LogP contribution in [0.2, 0.25) is 0 Å². The highest BCUT2D eigenvalue weighted by molar-refractivity contribution is 5.90. The molecule has 0 aromatic heterocycles. The van der Waals surface area contributed by atoms with Crippen LogP contribution in [0.4, 0.5) is 5.69 Å².